The number of ether oxygens (including phenoxy) is 2. The van der Waals surface area contributed by atoms with E-state index in [4.69, 9.17) is 9.47 Å². The van der Waals surface area contributed by atoms with Crippen molar-refractivity contribution in [1.29, 1.82) is 0 Å². The molecule has 9 heteroatoms. The second-order valence-corrected chi connectivity index (χ2v) is 8.77. The van der Waals surface area contributed by atoms with E-state index in [1.807, 2.05) is 24.4 Å². The number of rotatable bonds is 8. The summed E-state index contributed by atoms with van der Waals surface area (Å²) in [4.78, 5) is 16.5. The third-order valence-corrected chi connectivity index (χ3v) is 6.42. The number of hydrogen-bond acceptors (Lipinski definition) is 6. The Balaban J connectivity index is 1.43. The van der Waals surface area contributed by atoms with Crippen LogP contribution in [0.3, 0.4) is 0 Å². The summed E-state index contributed by atoms with van der Waals surface area (Å²) in [5.41, 5.74) is 3.03. The van der Waals surface area contributed by atoms with Gasteiger partial charge in [-0.05, 0) is 38.2 Å². The van der Waals surface area contributed by atoms with E-state index in [0.717, 1.165) is 36.8 Å². The van der Waals surface area contributed by atoms with Gasteiger partial charge in [0.25, 0.3) is 0 Å². The summed E-state index contributed by atoms with van der Waals surface area (Å²) in [7, 11) is 3.17. The first kappa shape index (κ1) is 22.2. The summed E-state index contributed by atoms with van der Waals surface area (Å²) >= 11 is 0. The molecule has 2 N–H and O–H groups in total. The van der Waals surface area contributed by atoms with Crippen LogP contribution in [-0.4, -0.2) is 41.1 Å². The molecule has 8 nitrogen and oxygen atoms in total. The lowest BCUT2D eigenvalue weighted by molar-refractivity contribution is -0.117. The quantitative estimate of drug-likeness (QED) is 0.480. The molecule has 0 radical (unpaired) electrons. The van der Waals surface area contributed by atoms with Gasteiger partial charge in [0.15, 0.2) is 5.75 Å². The van der Waals surface area contributed by atoms with Crippen LogP contribution in [0.2, 0.25) is 0 Å². The minimum absolute atomic E-state index is 0.0158. The lowest BCUT2D eigenvalue weighted by atomic mass is 10.1. The molecule has 0 saturated heterocycles. The predicted octanol–water partition coefficient (Wildman–Crippen LogP) is 5.12. The molecular weight excluding hydrogens is 437 g/mol. The van der Waals surface area contributed by atoms with Crippen molar-refractivity contribution in [2.75, 3.05) is 24.9 Å². The van der Waals surface area contributed by atoms with Gasteiger partial charge in [-0.1, -0.05) is 12.1 Å². The Kier molecular flexibility index (Phi) is 6.08. The molecule has 3 aromatic rings. The van der Waals surface area contributed by atoms with Crippen molar-refractivity contribution in [1.82, 2.24) is 14.8 Å². The number of carbonyl (C=O) groups excluding carboxylic acids is 1. The van der Waals surface area contributed by atoms with E-state index in [2.05, 4.69) is 20.7 Å². The van der Waals surface area contributed by atoms with Crippen LogP contribution in [0.5, 0.6) is 11.5 Å². The van der Waals surface area contributed by atoms with Crippen molar-refractivity contribution in [2.24, 2.45) is 5.92 Å². The van der Waals surface area contributed by atoms with Gasteiger partial charge >= 0.3 is 0 Å². The highest BCUT2D eigenvalue weighted by molar-refractivity contribution is 5.94. The van der Waals surface area contributed by atoms with Crippen LogP contribution in [0, 0.1) is 5.92 Å². The summed E-state index contributed by atoms with van der Waals surface area (Å²) in [6.45, 7) is 0. The van der Waals surface area contributed by atoms with Crippen LogP contribution in [-0.2, 0) is 4.79 Å². The minimum Gasteiger partial charge on any atom is -0.494 e. The lowest BCUT2D eigenvalue weighted by Gasteiger charge is -2.17. The number of amides is 1. The molecule has 1 amide bonds. The number of benzene rings is 1. The first-order valence-electron chi connectivity index (χ1n) is 11.5. The zero-order valence-corrected chi connectivity index (χ0v) is 19.3. The summed E-state index contributed by atoms with van der Waals surface area (Å²) < 4.78 is 27.2. The van der Waals surface area contributed by atoms with Gasteiger partial charge in [0.2, 0.25) is 5.91 Å². The van der Waals surface area contributed by atoms with Crippen molar-refractivity contribution in [3.63, 3.8) is 0 Å². The normalized spacial score (nSPS) is 19.6. The second kappa shape index (κ2) is 9.32. The highest BCUT2D eigenvalue weighted by Gasteiger charge is 2.30. The first-order chi connectivity index (χ1) is 16.6. The fraction of sp³-hybridized carbons (Fsp3) is 0.400. The van der Waals surface area contributed by atoms with Crippen LogP contribution >= 0.6 is 0 Å². The van der Waals surface area contributed by atoms with Gasteiger partial charge in [-0.25, -0.2) is 9.37 Å². The van der Waals surface area contributed by atoms with Gasteiger partial charge in [0.1, 0.15) is 17.7 Å². The molecule has 5 rings (SSSR count). The lowest BCUT2D eigenvalue weighted by Crippen LogP contribution is -2.14. The van der Waals surface area contributed by atoms with E-state index in [0.29, 0.717) is 35.1 Å². The Morgan fingerprint density at radius 3 is 2.68 bits per heavy atom. The second-order valence-electron chi connectivity index (χ2n) is 8.77. The molecule has 2 aliphatic rings. The Morgan fingerprint density at radius 2 is 1.97 bits per heavy atom. The maximum atomic E-state index is 14.2. The minimum atomic E-state index is -0.864. The monoisotopic (exact) mass is 465 g/mol. The Morgan fingerprint density at radius 1 is 1.12 bits per heavy atom. The predicted molar refractivity (Wildman–Crippen MR) is 127 cm³/mol. The van der Waals surface area contributed by atoms with E-state index in [1.54, 1.807) is 37.4 Å². The molecule has 34 heavy (non-hydrogen) atoms. The van der Waals surface area contributed by atoms with E-state index < -0.39 is 6.17 Å². The van der Waals surface area contributed by atoms with Crippen molar-refractivity contribution < 1.29 is 18.7 Å². The number of para-hydroxylation sites is 1. The molecule has 2 saturated carbocycles. The van der Waals surface area contributed by atoms with Gasteiger partial charge < -0.3 is 20.1 Å². The molecule has 178 valence electrons. The number of carbonyl (C=O) groups is 1. The van der Waals surface area contributed by atoms with Gasteiger partial charge in [-0.15, -0.1) is 0 Å². The Bertz CT molecular complexity index is 1190. The highest BCUT2D eigenvalue weighted by atomic mass is 19.1. The largest absolute Gasteiger partial charge is 0.494 e. The van der Waals surface area contributed by atoms with Crippen LogP contribution in [0.15, 0.2) is 42.9 Å². The van der Waals surface area contributed by atoms with Gasteiger partial charge in [0, 0.05) is 29.3 Å². The zero-order chi connectivity index (χ0) is 23.7. The summed E-state index contributed by atoms with van der Waals surface area (Å²) in [6.07, 6.45) is 8.41. The number of anilines is 3. The molecule has 2 unspecified atom stereocenters. The number of hydrogen-bond donors (Lipinski definition) is 2. The molecule has 2 aliphatic carbocycles. The summed E-state index contributed by atoms with van der Waals surface area (Å²) in [5, 5.41) is 10.6. The molecule has 2 atom stereocenters. The van der Waals surface area contributed by atoms with Crippen molar-refractivity contribution in [2.45, 2.75) is 44.3 Å². The highest BCUT2D eigenvalue weighted by Crippen LogP contribution is 2.41. The maximum Gasteiger partial charge on any atom is 0.228 e. The first-order valence-corrected chi connectivity index (χ1v) is 11.5. The van der Waals surface area contributed by atoms with E-state index in [-0.39, 0.29) is 17.9 Å². The smallest absolute Gasteiger partial charge is 0.228 e. The number of methoxy groups -OCH3 is 2. The number of nitrogens with one attached hydrogen (secondary N) is 2. The standard InChI is InChI=1S/C25H28FN5O3/c1-33-22-13-27-23(30-25(32)15-9-10-15)11-20(22)29-19-7-3-5-17(24(19)34-2)16-12-28-31(14-16)21-8-4-6-18(21)26/h3,5,7,11-15,18,21H,4,6,8-10H2,1-2H3,(H2,27,29,30,32). The van der Waals surface area contributed by atoms with Crippen LogP contribution in [0.4, 0.5) is 21.6 Å². The fourth-order valence-electron chi connectivity index (χ4n) is 4.42. The molecule has 0 spiro atoms. The number of halogens is 1. The molecular formula is C25H28FN5O3. The molecule has 1 aromatic carbocycles. The third-order valence-electron chi connectivity index (χ3n) is 6.42. The fourth-order valence-corrected chi connectivity index (χ4v) is 4.42. The summed E-state index contributed by atoms with van der Waals surface area (Å²) in [5.74, 6) is 1.66. The number of pyridine rings is 1. The zero-order valence-electron chi connectivity index (χ0n) is 19.3. The number of nitrogens with zero attached hydrogens (tertiary/aromatic N) is 3. The van der Waals surface area contributed by atoms with Crippen LogP contribution < -0.4 is 20.1 Å². The SMILES string of the molecule is COc1cnc(NC(=O)C2CC2)cc1Nc1cccc(-c2cnn(C3CCCC3F)c2)c1OC. The van der Waals surface area contributed by atoms with Gasteiger partial charge in [-0.2, -0.15) is 5.10 Å². The third kappa shape index (κ3) is 4.42. The molecule has 2 heterocycles. The number of aromatic nitrogens is 3. The molecule has 2 aromatic heterocycles. The van der Waals surface area contributed by atoms with Gasteiger partial charge in [-0.3, -0.25) is 9.48 Å². The Hall–Kier alpha value is -3.62. The number of alkyl halides is 1. The van der Waals surface area contributed by atoms with Crippen molar-refractivity contribution in [3.8, 4) is 22.6 Å². The maximum absolute atomic E-state index is 14.2. The van der Waals surface area contributed by atoms with Crippen molar-refractivity contribution >= 4 is 23.1 Å². The van der Waals surface area contributed by atoms with Gasteiger partial charge in [0.05, 0.1) is 44.0 Å². The average molecular weight is 466 g/mol. The van der Waals surface area contributed by atoms with Crippen LogP contribution in [0.25, 0.3) is 11.1 Å². The molecule has 0 aliphatic heterocycles. The Labute approximate surface area is 197 Å². The topological polar surface area (TPSA) is 90.3 Å². The van der Waals surface area contributed by atoms with E-state index in [9.17, 15) is 9.18 Å². The van der Waals surface area contributed by atoms with E-state index >= 15 is 0 Å². The van der Waals surface area contributed by atoms with E-state index in [1.165, 1.54) is 0 Å². The molecule has 2 fully saturated rings. The molecule has 0 bridgehead atoms. The van der Waals surface area contributed by atoms with Crippen LogP contribution in [0.1, 0.15) is 38.1 Å². The van der Waals surface area contributed by atoms with Crippen molar-refractivity contribution in [3.05, 3.63) is 42.9 Å². The average Bonchev–Trinajstić information content (AvgIpc) is 3.44. The summed E-state index contributed by atoms with van der Waals surface area (Å²) in [6, 6.07) is 7.27.